The molecule has 0 aliphatic carbocycles. The van der Waals surface area contributed by atoms with Crippen molar-refractivity contribution in [3.05, 3.63) is 23.5 Å². The van der Waals surface area contributed by atoms with Crippen LogP contribution in [0.2, 0.25) is 0 Å². The minimum absolute atomic E-state index is 0.368. The van der Waals surface area contributed by atoms with Gasteiger partial charge in [-0.05, 0) is 13.5 Å². The van der Waals surface area contributed by atoms with Crippen LogP contribution in [0.5, 0.6) is 0 Å². The van der Waals surface area contributed by atoms with Gasteiger partial charge < -0.3 is 5.32 Å². The van der Waals surface area contributed by atoms with Crippen molar-refractivity contribution in [1.29, 1.82) is 0 Å². The Morgan fingerprint density at radius 3 is 2.94 bits per heavy atom. The molecular weight excluding hydrogens is 220 g/mol. The molecule has 0 radical (unpaired) electrons. The zero-order valence-electron chi connectivity index (χ0n) is 9.77. The Hall–Kier alpha value is -1.20. The van der Waals surface area contributed by atoms with E-state index >= 15 is 0 Å². The minimum Gasteiger partial charge on any atom is -0.310 e. The van der Waals surface area contributed by atoms with Crippen molar-refractivity contribution < 1.29 is 0 Å². The van der Waals surface area contributed by atoms with Crippen LogP contribution in [0.3, 0.4) is 0 Å². The first-order chi connectivity index (χ1) is 7.70. The van der Waals surface area contributed by atoms with Crippen molar-refractivity contribution in [3.63, 3.8) is 0 Å². The normalized spacial score (nSPS) is 12.9. The van der Waals surface area contributed by atoms with Gasteiger partial charge in [-0.15, -0.1) is 11.3 Å². The number of aryl methyl sites for hydroxylation is 1. The highest BCUT2D eigenvalue weighted by Gasteiger charge is 2.10. The predicted octanol–water partition coefficient (Wildman–Crippen LogP) is 2.21. The summed E-state index contributed by atoms with van der Waals surface area (Å²) in [6, 6.07) is 0.368. The van der Waals surface area contributed by atoms with E-state index in [4.69, 9.17) is 0 Å². The summed E-state index contributed by atoms with van der Waals surface area (Å²) in [4.78, 5) is 5.69. The fourth-order valence-electron chi connectivity index (χ4n) is 1.56. The molecule has 5 heteroatoms. The van der Waals surface area contributed by atoms with Crippen molar-refractivity contribution in [2.45, 2.75) is 19.9 Å². The number of rotatable bonds is 4. The molecule has 2 rings (SSSR count). The molecule has 0 aromatic carbocycles. The van der Waals surface area contributed by atoms with Crippen molar-refractivity contribution in [2.24, 2.45) is 7.05 Å². The zero-order chi connectivity index (χ0) is 11.5. The monoisotopic (exact) mass is 236 g/mol. The zero-order valence-corrected chi connectivity index (χ0v) is 10.6. The average molecular weight is 236 g/mol. The lowest BCUT2D eigenvalue weighted by Gasteiger charge is -2.07. The van der Waals surface area contributed by atoms with Gasteiger partial charge in [-0.25, -0.2) is 4.98 Å². The van der Waals surface area contributed by atoms with Gasteiger partial charge >= 0.3 is 0 Å². The van der Waals surface area contributed by atoms with E-state index < -0.39 is 0 Å². The molecule has 0 saturated carbocycles. The Balaban J connectivity index is 2.19. The van der Waals surface area contributed by atoms with Gasteiger partial charge in [-0.1, -0.05) is 6.92 Å². The van der Waals surface area contributed by atoms with Crippen molar-refractivity contribution in [2.75, 3.05) is 6.54 Å². The summed E-state index contributed by atoms with van der Waals surface area (Å²) in [5, 5.41) is 8.57. The second kappa shape index (κ2) is 4.76. The first-order valence-electron chi connectivity index (χ1n) is 5.39. The molecule has 0 aliphatic rings. The van der Waals surface area contributed by atoms with Crippen molar-refractivity contribution in [3.8, 4) is 10.6 Å². The van der Waals surface area contributed by atoms with Gasteiger partial charge in [0.05, 0.1) is 6.20 Å². The lowest BCUT2D eigenvalue weighted by molar-refractivity contribution is 0.606. The number of aromatic nitrogens is 3. The third kappa shape index (κ3) is 2.31. The average Bonchev–Trinajstić information content (AvgIpc) is 2.85. The van der Waals surface area contributed by atoms with E-state index in [1.165, 1.54) is 4.88 Å². The van der Waals surface area contributed by atoms with E-state index in [9.17, 15) is 0 Å². The van der Waals surface area contributed by atoms with Crippen LogP contribution in [0.4, 0.5) is 0 Å². The Morgan fingerprint density at radius 2 is 2.31 bits per heavy atom. The van der Waals surface area contributed by atoms with Crippen LogP contribution in [0.25, 0.3) is 10.6 Å². The van der Waals surface area contributed by atoms with E-state index in [0.29, 0.717) is 6.04 Å². The predicted molar refractivity (Wildman–Crippen MR) is 66.4 cm³/mol. The Bertz CT molecular complexity index is 460. The Kier molecular flexibility index (Phi) is 3.36. The van der Waals surface area contributed by atoms with Gasteiger partial charge in [0, 0.05) is 35.9 Å². The number of thiazole rings is 1. The SMILES string of the molecule is CCNC(C)c1cnc(-c2cnn(C)c2)s1. The van der Waals surface area contributed by atoms with E-state index in [-0.39, 0.29) is 0 Å². The Labute approximate surface area is 99.3 Å². The molecule has 86 valence electrons. The summed E-state index contributed by atoms with van der Waals surface area (Å²) < 4.78 is 1.80. The van der Waals surface area contributed by atoms with Crippen molar-refractivity contribution >= 4 is 11.3 Å². The second-order valence-electron chi connectivity index (χ2n) is 3.75. The molecule has 0 amide bonds. The van der Waals surface area contributed by atoms with Crippen LogP contribution in [-0.4, -0.2) is 21.3 Å². The van der Waals surface area contributed by atoms with Crippen LogP contribution < -0.4 is 5.32 Å². The lowest BCUT2D eigenvalue weighted by Crippen LogP contribution is -2.16. The highest BCUT2D eigenvalue weighted by Crippen LogP contribution is 2.28. The van der Waals surface area contributed by atoms with Gasteiger partial charge in [0.2, 0.25) is 0 Å². The molecule has 1 atom stereocenters. The fraction of sp³-hybridized carbons (Fsp3) is 0.455. The first kappa shape index (κ1) is 11.3. The number of nitrogens with one attached hydrogen (secondary N) is 1. The molecule has 16 heavy (non-hydrogen) atoms. The maximum absolute atomic E-state index is 4.43. The molecule has 0 spiro atoms. The van der Waals surface area contributed by atoms with E-state index in [1.807, 2.05) is 25.6 Å². The quantitative estimate of drug-likeness (QED) is 0.885. The maximum Gasteiger partial charge on any atom is 0.126 e. The van der Waals surface area contributed by atoms with E-state index in [0.717, 1.165) is 17.1 Å². The molecule has 2 aromatic heterocycles. The molecular formula is C11H16N4S. The summed E-state index contributed by atoms with van der Waals surface area (Å²) in [6.45, 7) is 5.24. The molecule has 2 aromatic rings. The third-order valence-corrected chi connectivity index (χ3v) is 3.64. The standard InChI is InChI=1S/C11H16N4S/c1-4-12-8(2)10-6-13-11(16-10)9-5-14-15(3)7-9/h5-8,12H,4H2,1-3H3. The van der Waals surface area contributed by atoms with Crippen LogP contribution in [-0.2, 0) is 7.05 Å². The van der Waals surface area contributed by atoms with Gasteiger partial charge in [-0.3, -0.25) is 4.68 Å². The molecule has 2 heterocycles. The maximum atomic E-state index is 4.43. The highest BCUT2D eigenvalue weighted by atomic mass is 32.1. The molecule has 0 saturated heterocycles. The summed E-state index contributed by atoms with van der Waals surface area (Å²) in [5.74, 6) is 0. The molecule has 0 fully saturated rings. The topological polar surface area (TPSA) is 42.7 Å². The largest absolute Gasteiger partial charge is 0.310 e. The van der Waals surface area contributed by atoms with Crippen LogP contribution in [0.1, 0.15) is 24.8 Å². The second-order valence-corrected chi connectivity index (χ2v) is 4.81. The van der Waals surface area contributed by atoms with E-state index in [1.54, 1.807) is 16.0 Å². The molecule has 0 aliphatic heterocycles. The van der Waals surface area contributed by atoms with E-state index in [2.05, 4.69) is 29.2 Å². The molecule has 4 nitrogen and oxygen atoms in total. The van der Waals surface area contributed by atoms with Gasteiger partial charge in [0.1, 0.15) is 5.01 Å². The Morgan fingerprint density at radius 1 is 1.50 bits per heavy atom. The van der Waals surface area contributed by atoms with Crippen molar-refractivity contribution in [1.82, 2.24) is 20.1 Å². The molecule has 0 bridgehead atoms. The fourth-order valence-corrected chi connectivity index (χ4v) is 2.48. The van der Waals surface area contributed by atoms with Crippen LogP contribution in [0.15, 0.2) is 18.6 Å². The molecule has 1 unspecified atom stereocenters. The smallest absolute Gasteiger partial charge is 0.126 e. The van der Waals surface area contributed by atoms with Gasteiger partial charge in [-0.2, -0.15) is 5.10 Å². The minimum atomic E-state index is 0.368. The highest BCUT2D eigenvalue weighted by molar-refractivity contribution is 7.15. The summed E-state index contributed by atoms with van der Waals surface area (Å²) in [7, 11) is 1.92. The first-order valence-corrected chi connectivity index (χ1v) is 6.20. The summed E-state index contributed by atoms with van der Waals surface area (Å²) >= 11 is 1.72. The van der Waals surface area contributed by atoms with Gasteiger partial charge in [0.25, 0.3) is 0 Å². The number of nitrogens with zero attached hydrogens (tertiary/aromatic N) is 3. The lowest BCUT2D eigenvalue weighted by atomic mass is 10.3. The number of hydrogen-bond donors (Lipinski definition) is 1. The van der Waals surface area contributed by atoms with Crippen LogP contribution in [0, 0.1) is 0 Å². The van der Waals surface area contributed by atoms with Crippen LogP contribution >= 0.6 is 11.3 Å². The third-order valence-electron chi connectivity index (χ3n) is 2.41. The summed E-state index contributed by atoms with van der Waals surface area (Å²) in [6.07, 6.45) is 5.78. The summed E-state index contributed by atoms with van der Waals surface area (Å²) in [5.41, 5.74) is 1.09. The number of hydrogen-bond acceptors (Lipinski definition) is 4. The van der Waals surface area contributed by atoms with Gasteiger partial charge in [0.15, 0.2) is 0 Å². The molecule has 1 N–H and O–H groups in total.